The van der Waals surface area contributed by atoms with Crippen LogP contribution in [0.3, 0.4) is 0 Å². The molecule has 0 aromatic carbocycles. The van der Waals surface area contributed by atoms with Crippen LogP contribution in [0.25, 0.3) is 0 Å². The number of carbonyl (C=O) groups is 1. The van der Waals surface area contributed by atoms with Crippen molar-refractivity contribution in [1.82, 2.24) is 9.88 Å². The number of hydrogen-bond acceptors (Lipinski definition) is 4. The average Bonchev–Trinajstić information content (AvgIpc) is 2.45. The van der Waals surface area contributed by atoms with Crippen LogP contribution in [0.15, 0.2) is 23.4 Å². The second-order valence-electron chi connectivity index (χ2n) is 5.37. The van der Waals surface area contributed by atoms with E-state index < -0.39 is 31.8 Å². The molecule has 0 atom stereocenters. The summed E-state index contributed by atoms with van der Waals surface area (Å²) in [5.74, 6) is -0.720. The quantitative estimate of drug-likeness (QED) is 0.823. The highest BCUT2D eigenvalue weighted by molar-refractivity contribution is 7.92. The average molecular weight is 350 g/mol. The van der Waals surface area contributed by atoms with Gasteiger partial charge < -0.3 is 4.90 Å². The molecule has 23 heavy (non-hydrogen) atoms. The molecule has 2 rings (SSSR count). The molecule has 0 bridgehead atoms. The van der Waals surface area contributed by atoms with E-state index in [9.17, 15) is 26.4 Å². The number of alkyl halides is 3. The van der Waals surface area contributed by atoms with Crippen molar-refractivity contribution < 1.29 is 26.4 Å². The molecule has 1 aliphatic heterocycles. The van der Waals surface area contributed by atoms with E-state index in [0.29, 0.717) is 13.1 Å². The summed E-state index contributed by atoms with van der Waals surface area (Å²) >= 11 is 0. The summed E-state index contributed by atoms with van der Waals surface area (Å²) in [6.07, 6.45) is 5.35. The normalized spacial score (nSPS) is 17.4. The lowest BCUT2D eigenvalue weighted by molar-refractivity contribution is -0.0438. The number of nitrogens with zero attached hydrogens (tertiary/aromatic N) is 2. The summed E-state index contributed by atoms with van der Waals surface area (Å²) in [6.45, 7) is 0.804. The van der Waals surface area contributed by atoms with Gasteiger partial charge in [0.05, 0.1) is 5.56 Å². The number of pyridine rings is 1. The largest absolute Gasteiger partial charge is 0.503 e. The Morgan fingerprint density at radius 3 is 2.22 bits per heavy atom. The first-order valence-corrected chi connectivity index (χ1v) is 8.79. The molecular formula is C14H17F3N2O3S. The molecule has 0 unspecified atom stereocenters. The topological polar surface area (TPSA) is 67.3 Å². The fraction of sp³-hybridized carbons (Fsp3) is 0.571. The summed E-state index contributed by atoms with van der Waals surface area (Å²) in [5, 5.41) is -1.22. The van der Waals surface area contributed by atoms with Gasteiger partial charge in [-0.2, -0.15) is 13.2 Å². The van der Waals surface area contributed by atoms with Crippen LogP contribution >= 0.6 is 0 Å². The molecule has 1 saturated heterocycles. The van der Waals surface area contributed by atoms with Crippen molar-refractivity contribution in [2.24, 2.45) is 0 Å². The minimum Gasteiger partial charge on any atom is -0.339 e. The van der Waals surface area contributed by atoms with Gasteiger partial charge in [-0.25, -0.2) is 13.4 Å². The van der Waals surface area contributed by atoms with Gasteiger partial charge in [0, 0.05) is 19.3 Å². The van der Waals surface area contributed by atoms with Crippen LogP contribution < -0.4 is 0 Å². The predicted molar refractivity (Wildman–Crippen MR) is 76.5 cm³/mol. The van der Waals surface area contributed by atoms with Gasteiger partial charge in [0.15, 0.2) is 5.03 Å². The number of carbonyl (C=O) groups excluding carboxylic acids is 1. The Morgan fingerprint density at radius 2 is 1.65 bits per heavy atom. The van der Waals surface area contributed by atoms with Gasteiger partial charge in [0.1, 0.15) is 0 Å². The molecule has 5 nitrogen and oxygen atoms in total. The van der Waals surface area contributed by atoms with Crippen molar-refractivity contribution in [3.05, 3.63) is 23.9 Å². The summed E-state index contributed by atoms with van der Waals surface area (Å²) in [6, 6.07) is 2.33. The molecule has 1 aliphatic rings. The summed E-state index contributed by atoms with van der Waals surface area (Å²) in [4.78, 5) is 17.2. The van der Waals surface area contributed by atoms with Gasteiger partial charge in [0.25, 0.3) is 15.7 Å². The maximum atomic E-state index is 12.8. The van der Waals surface area contributed by atoms with E-state index in [4.69, 9.17) is 0 Å². The van der Waals surface area contributed by atoms with E-state index in [1.54, 1.807) is 0 Å². The maximum absolute atomic E-state index is 12.8. The van der Waals surface area contributed by atoms with Gasteiger partial charge in [0.2, 0.25) is 0 Å². The molecular weight excluding hydrogens is 333 g/mol. The molecule has 0 saturated carbocycles. The SMILES string of the molecule is O=C(c1cccnc1S(=O)(=O)C(F)(F)F)N1CCCCCCC1. The number of rotatable bonds is 2. The van der Waals surface area contributed by atoms with E-state index in [2.05, 4.69) is 4.98 Å². The molecule has 2 heterocycles. The minimum absolute atomic E-state index is 0.402. The van der Waals surface area contributed by atoms with Crippen LogP contribution in [-0.2, 0) is 9.84 Å². The molecule has 0 radical (unpaired) electrons. The number of hydrogen-bond donors (Lipinski definition) is 0. The van der Waals surface area contributed by atoms with Crippen LogP contribution in [0, 0.1) is 0 Å². The summed E-state index contributed by atoms with van der Waals surface area (Å²) < 4.78 is 61.6. The van der Waals surface area contributed by atoms with E-state index >= 15 is 0 Å². The van der Waals surface area contributed by atoms with E-state index in [1.807, 2.05) is 0 Å². The lowest BCUT2D eigenvalue weighted by Gasteiger charge is -2.25. The van der Waals surface area contributed by atoms with Crippen molar-refractivity contribution in [2.75, 3.05) is 13.1 Å². The third-order valence-corrected chi connectivity index (χ3v) is 5.15. The van der Waals surface area contributed by atoms with Gasteiger partial charge in [-0.05, 0) is 25.0 Å². The number of amides is 1. The Morgan fingerprint density at radius 1 is 1.09 bits per heavy atom. The molecule has 9 heteroatoms. The Hall–Kier alpha value is -1.64. The lowest BCUT2D eigenvalue weighted by atomic mass is 10.1. The van der Waals surface area contributed by atoms with Gasteiger partial charge in [-0.1, -0.05) is 19.3 Å². The van der Waals surface area contributed by atoms with Crippen LogP contribution in [-0.4, -0.2) is 42.8 Å². The Kier molecular flexibility index (Phi) is 5.28. The number of likely N-dealkylation sites (tertiary alicyclic amines) is 1. The third-order valence-electron chi connectivity index (χ3n) is 3.70. The first-order valence-electron chi connectivity index (χ1n) is 7.31. The molecule has 0 aliphatic carbocycles. The van der Waals surface area contributed by atoms with Crippen molar-refractivity contribution >= 4 is 15.7 Å². The third kappa shape index (κ3) is 3.82. The zero-order valence-electron chi connectivity index (χ0n) is 12.3. The van der Waals surface area contributed by atoms with E-state index in [1.165, 1.54) is 11.0 Å². The van der Waals surface area contributed by atoms with Crippen molar-refractivity contribution in [2.45, 2.75) is 42.6 Å². The molecule has 1 amide bonds. The number of halogens is 3. The van der Waals surface area contributed by atoms with Crippen LogP contribution in [0.5, 0.6) is 0 Å². The Balaban J connectivity index is 2.38. The van der Waals surface area contributed by atoms with Crippen LogP contribution in [0.1, 0.15) is 42.5 Å². The van der Waals surface area contributed by atoms with E-state index in [0.717, 1.165) is 44.4 Å². The van der Waals surface area contributed by atoms with E-state index in [-0.39, 0.29) is 0 Å². The number of sulfone groups is 1. The van der Waals surface area contributed by atoms with Crippen molar-refractivity contribution in [3.8, 4) is 0 Å². The van der Waals surface area contributed by atoms with Gasteiger partial charge in [-0.15, -0.1) is 0 Å². The fourth-order valence-electron chi connectivity index (χ4n) is 2.50. The second-order valence-corrected chi connectivity index (χ2v) is 7.22. The first-order chi connectivity index (χ1) is 10.7. The maximum Gasteiger partial charge on any atom is 0.503 e. The molecule has 0 N–H and O–H groups in total. The highest BCUT2D eigenvalue weighted by Crippen LogP contribution is 2.31. The lowest BCUT2D eigenvalue weighted by Crippen LogP contribution is -2.36. The summed E-state index contributed by atoms with van der Waals surface area (Å²) in [5.41, 5.74) is -6.02. The molecule has 1 aromatic rings. The zero-order valence-corrected chi connectivity index (χ0v) is 13.2. The molecule has 128 valence electrons. The summed E-state index contributed by atoms with van der Waals surface area (Å²) in [7, 11) is -5.67. The predicted octanol–water partition coefficient (Wildman–Crippen LogP) is 2.78. The van der Waals surface area contributed by atoms with Crippen LogP contribution in [0.4, 0.5) is 13.2 Å². The second kappa shape index (κ2) is 6.86. The fourth-order valence-corrected chi connectivity index (χ4v) is 3.36. The Bertz CT molecular complexity index is 666. The van der Waals surface area contributed by atoms with Crippen molar-refractivity contribution in [3.63, 3.8) is 0 Å². The smallest absolute Gasteiger partial charge is 0.339 e. The van der Waals surface area contributed by atoms with Crippen molar-refractivity contribution in [1.29, 1.82) is 0 Å². The highest BCUT2D eigenvalue weighted by Gasteiger charge is 2.49. The zero-order chi connectivity index (χ0) is 17.1. The molecule has 1 fully saturated rings. The molecule has 1 aromatic heterocycles. The molecule has 0 spiro atoms. The minimum atomic E-state index is -5.67. The Labute approximate surface area is 132 Å². The van der Waals surface area contributed by atoms with Gasteiger partial charge in [-0.3, -0.25) is 4.79 Å². The standard InChI is InChI=1S/C14H17F3N2O3S/c15-14(16,17)23(21,22)12-11(7-6-8-18-12)13(20)19-9-4-2-1-3-5-10-19/h6-8H,1-5,9-10H2. The van der Waals surface area contributed by atoms with Crippen LogP contribution in [0.2, 0.25) is 0 Å². The highest BCUT2D eigenvalue weighted by atomic mass is 32.2. The monoisotopic (exact) mass is 350 g/mol. The number of aromatic nitrogens is 1. The van der Waals surface area contributed by atoms with Gasteiger partial charge >= 0.3 is 5.51 Å². The first kappa shape index (κ1) is 17.7.